The van der Waals surface area contributed by atoms with Crippen molar-refractivity contribution in [2.24, 2.45) is 0 Å². The molecule has 0 aliphatic rings. The number of carbonyl (C=O) groups excluding carboxylic acids is 1. The predicted molar refractivity (Wildman–Crippen MR) is 119 cm³/mol. The van der Waals surface area contributed by atoms with E-state index in [1.807, 2.05) is 66.1 Å². The van der Waals surface area contributed by atoms with Gasteiger partial charge in [0, 0.05) is 18.1 Å². The molecule has 0 bridgehead atoms. The number of anilines is 1. The Morgan fingerprint density at radius 1 is 1.06 bits per heavy atom. The maximum absolute atomic E-state index is 12.6. The van der Waals surface area contributed by atoms with Crippen LogP contribution in [0.3, 0.4) is 0 Å². The van der Waals surface area contributed by atoms with Crippen LogP contribution >= 0.6 is 11.8 Å². The highest BCUT2D eigenvalue weighted by Gasteiger charge is 2.18. The Bertz CT molecular complexity index is 1150. The van der Waals surface area contributed by atoms with Crippen molar-refractivity contribution in [3.05, 3.63) is 73.2 Å². The standard InChI is InChI=1S/C22H20N6O2S/c1-2-30-19-11-7-6-10-17(19)25-20(29)15-31-22-27-26-21(18-14-23-12-13-24-18)28(22)16-8-4-3-5-9-16/h3-14H,2,15H2,1H3,(H,25,29). The zero-order chi connectivity index (χ0) is 21.5. The van der Waals surface area contributed by atoms with Gasteiger partial charge in [0.2, 0.25) is 5.91 Å². The molecule has 0 aliphatic heterocycles. The molecule has 0 aliphatic carbocycles. The van der Waals surface area contributed by atoms with Gasteiger partial charge in [-0.3, -0.25) is 14.3 Å². The molecule has 8 nitrogen and oxygen atoms in total. The van der Waals surface area contributed by atoms with Crippen molar-refractivity contribution in [1.29, 1.82) is 0 Å². The molecule has 0 spiro atoms. The molecule has 0 saturated heterocycles. The molecule has 0 atom stereocenters. The summed E-state index contributed by atoms with van der Waals surface area (Å²) in [6, 6.07) is 17.1. The predicted octanol–water partition coefficient (Wildman–Crippen LogP) is 3.85. The van der Waals surface area contributed by atoms with E-state index in [-0.39, 0.29) is 11.7 Å². The molecule has 4 rings (SSSR count). The van der Waals surface area contributed by atoms with Gasteiger partial charge < -0.3 is 10.1 Å². The molecule has 2 aromatic heterocycles. The van der Waals surface area contributed by atoms with Crippen LogP contribution < -0.4 is 10.1 Å². The number of amides is 1. The third-order valence-corrected chi connectivity index (χ3v) is 5.16. The fourth-order valence-corrected chi connectivity index (χ4v) is 3.67. The Balaban J connectivity index is 1.55. The zero-order valence-electron chi connectivity index (χ0n) is 16.8. The first-order valence-electron chi connectivity index (χ1n) is 9.68. The lowest BCUT2D eigenvalue weighted by Crippen LogP contribution is -2.15. The first-order chi connectivity index (χ1) is 15.3. The highest BCUT2D eigenvalue weighted by molar-refractivity contribution is 7.99. The fraction of sp³-hybridized carbons (Fsp3) is 0.136. The molecule has 31 heavy (non-hydrogen) atoms. The van der Waals surface area contributed by atoms with E-state index in [4.69, 9.17) is 4.74 Å². The van der Waals surface area contributed by atoms with Crippen LogP contribution in [0.5, 0.6) is 5.75 Å². The lowest BCUT2D eigenvalue weighted by molar-refractivity contribution is -0.113. The number of ether oxygens (including phenoxy) is 1. The SMILES string of the molecule is CCOc1ccccc1NC(=O)CSc1nnc(-c2cnccn2)n1-c1ccccc1. The molecule has 1 amide bonds. The molecule has 0 saturated carbocycles. The number of benzene rings is 2. The van der Waals surface area contributed by atoms with Crippen LogP contribution in [-0.4, -0.2) is 43.0 Å². The van der Waals surface area contributed by atoms with E-state index in [0.29, 0.717) is 34.7 Å². The second-order valence-corrected chi connectivity index (χ2v) is 7.28. The van der Waals surface area contributed by atoms with E-state index in [2.05, 4.69) is 25.5 Å². The normalized spacial score (nSPS) is 10.6. The van der Waals surface area contributed by atoms with Crippen LogP contribution in [-0.2, 0) is 4.79 Å². The summed E-state index contributed by atoms with van der Waals surface area (Å²) in [6.07, 6.45) is 4.84. The van der Waals surface area contributed by atoms with Gasteiger partial charge in [-0.1, -0.05) is 42.1 Å². The average molecular weight is 433 g/mol. The summed E-state index contributed by atoms with van der Waals surface area (Å²) in [5, 5.41) is 12.1. The molecule has 9 heteroatoms. The third-order valence-electron chi connectivity index (χ3n) is 4.23. The van der Waals surface area contributed by atoms with Crippen molar-refractivity contribution in [3.8, 4) is 23.0 Å². The Labute approximate surface area is 183 Å². The minimum Gasteiger partial charge on any atom is -0.492 e. The Morgan fingerprint density at radius 3 is 2.65 bits per heavy atom. The summed E-state index contributed by atoms with van der Waals surface area (Å²) in [5.41, 5.74) is 2.11. The zero-order valence-corrected chi connectivity index (χ0v) is 17.6. The number of nitrogens with one attached hydrogen (secondary N) is 1. The second kappa shape index (κ2) is 9.86. The molecule has 0 unspecified atom stereocenters. The third kappa shape index (κ3) is 4.89. The number of hydrogen-bond acceptors (Lipinski definition) is 7. The number of rotatable bonds is 8. The number of thioether (sulfide) groups is 1. The molecule has 156 valence electrons. The minimum absolute atomic E-state index is 0.159. The van der Waals surface area contributed by atoms with Crippen LogP contribution in [0.15, 0.2) is 78.3 Å². The van der Waals surface area contributed by atoms with Crippen molar-refractivity contribution in [2.75, 3.05) is 17.7 Å². The smallest absolute Gasteiger partial charge is 0.234 e. The van der Waals surface area contributed by atoms with Crippen LogP contribution in [0.4, 0.5) is 5.69 Å². The van der Waals surface area contributed by atoms with Crippen molar-refractivity contribution in [2.45, 2.75) is 12.1 Å². The molecule has 0 radical (unpaired) electrons. The van der Waals surface area contributed by atoms with Crippen molar-refractivity contribution in [3.63, 3.8) is 0 Å². The number of hydrogen-bond donors (Lipinski definition) is 1. The van der Waals surface area contributed by atoms with Gasteiger partial charge in [-0.25, -0.2) is 4.98 Å². The number of carbonyl (C=O) groups is 1. The molecule has 4 aromatic rings. The largest absolute Gasteiger partial charge is 0.492 e. The number of para-hydroxylation sites is 3. The topological polar surface area (TPSA) is 94.8 Å². The van der Waals surface area contributed by atoms with Gasteiger partial charge in [0.1, 0.15) is 11.4 Å². The highest BCUT2D eigenvalue weighted by Crippen LogP contribution is 2.28. The monoisotopic (exact) mass is 432 g/mol. The molecular weight excluding hydrogens is 412 g/mol. The first kappa shape index (κ1) is 20.5. The van der Waals surface area contributed by atoms with Crippen LogP contribution in [0.2, 0.25) is 0 Å². The van der Waals surface area contributed by atoms with E-state index in [9.17, 15) is 4.79 Å². The molecular formula is C22H20N6O2S. The summed E-state index contributed by atoms with van der Waals surface area (Å²) >= 11 is 1.29. The van der Waals surface area contributed by atoms with Gasteiger partial charge in [0.25, 0.3) is 0 Å². The van der Waals surface area contributed by atoms with Gasteiger partial charge in [-0.2, -0.15) is 0 Å². The van der Waals surface area contributed by atoms with Crippen LogP contribution in [0, 0.1) is 0 Å². The molecule has 2 aromatic carbocycles. The van der Waals surface area contributed by atoms with Crippen molar-refractivity contribution in [1.82, 2.24) is 24.7 Å². The Kier molecular flexibility index (Phi) is 6.53. The van der Waals surface area contributed by atoms with E-state index in [0.717, 1.165) is 5.69 Å². The Hall–Kier alpha value is -3.72. The maximum atomic E-state index is 12.6. The van der Waals surface area contributed by atoms with Crippen molar-refractivity contribution < 1.29 is 9.53 Å². The molecule has 0 fully saturated rings. The first-order valence-corrected chi connectivity index (χ1v) is 10.7. The maximum Gasteiger partial charge on any atom is 0.234 e. The van der Waals surface area contributed by atoms with Crippen molar-refractivity contribution >= 4 is 23.4 Å². The number of nitrogens with zero attached hydrogens (tertiary/aromatic N) is 5. The summed E-state index contributed by atoms with van der Waals surface area (Å²) in [5.74, 6) is 1.19. The van der Waals surface area contributed by atoms with Gasteiger partial charge in [-0.05, 0) is 31.2 Å². The summed E-state index contributed by atoms with van der Waals surface area (Å²) < 4.78 is 7.44. The quantitative estimate of drug-likeness (QED) is 0.423. The van der Waals surface area contributed by atoms with E-state index < -0.39 is 0 Å². The minimum atomic E-state index is -0.166. The summed E-state index contributed by atoms with van der Waals surface area (Å²) in [6.45, 7) is 2.42. The van der Waals surface area contributed by atoms with Crippen LogP contribution in [0.1, 0.15) is 6.92 Å². The summed E-state index contributed by atoms with van der Waals surface area (Å²) in [7, 11) is 0. The van der Waals surface area contributed by atoms with Crippen LogP contribution in [0.25, 0.3) is 17.2 Å². The van der Waals surface area contributed by atoms with Gasteiger partial charge in [0.15, 0.2) is 11.0 Å². The molecule has 2 heterocycles. The van der Waals surface area contributed by atoms with E-state index >= 15 is 0 Å². The van der Waals surface area contributed by atoms with Gasteiger partial charge in [-0.15, -0.1) is 10.2 Å². The highest BCUT2D eigenvalue weighted by atomic mass is 32.2. The van der Waals surface area contributed by atoms with E-state index in [1.165, 1.54) is 11.8 Å². The van der Waals surface area contributed by atoms with Gasteiger partial charge in [0.05, 0.1) is 24.2 Å². The second-order valence-electron chi connectivity index (χ2n) is 6.33. The fourth-order valence-electron chi connectivity index (χ4n) is 2.92. The average Bonchev–Trinajstić information content (AvgIpc) is 3.24. The Morgan fingerprint density at radius 2 is 1.87 bits per heavy atom. The van der Waals surface area contributed by atoms with Gasteiger partial charge >= 0.3 is 0 Å². The number of aromatic nitrogens is 5. The van der Waals surface area contributed by atoms with E-state index in [1.54, 1.807) is 18.6 Å². The molecule has 1 N–H and O–H groups in total. The summed E-state index contributed by atoms with van der Waals surface area (Å²) in [4.78, 5) is 21.1. The lowest BCUT2D eigenvalue weighted by Gasteiger charge is -2.12. The lowest BCUT2D eigenvalue weighted by atomic mass is 10.3.